The molecule has 0 atom stereocenters. The minimum Gasteiger partial charge on any atom is -0.301 e. The second-order valence-corrected chi connectivity index (χ2v) is 5.92. The Morgan fingerprint density at radius 2 is 2.00 bits per heavy atom. The highest BCUT2D eigenvalue weighted by Crippen LogP contribution is 2.10. The lowest BCUT2D eigenvalue weighted by molar-refractivity contribution is 0.399. The molecule has 1 aliphatic heterocycles. The maximum atomic E-state index is 10.3. The van der Waals surface area contributed by atoms with Crippen molar-refractivity contribution < 1.29 is 13.0 Å². The first kappa shape index (κ1) is 10.3. The van der Waals surface area contributed by atoms with Crippen LogP contribution in [0.1, 0.15) is 6.42 Å². The van der Waals surface area contributed by atoms with Crippen molar-refractivity contribution >= 4 is 19.9 Å². The van der Waals surface area contributed by atoms with E-state index in [0.717, 1.165) is 19.5 Å². The Hall–Kier alpha value is 0.180. The molecule has 5 nitrogen and oxygen atoms in total. The van der Waals surface area contributed by atoms with E-state index in [4.69, 9.17) is 4.55 Å². The summed E-state index contributed by atoms with van der Waals surface area (Å²) in [6.07, 6.45) is 1.04. The highest BCUT2D eigenvalue weighted by Gasteiger charge is 2.15. The SMILES string of the molecule is O=S(=O)(O)SCC1NCCCN1. The average Bonchev–Trinajstić information content (AvgIpc) is 2.02. The molecule has 1 aliphatic rings. The second-order valence-electron chi connectivity index (χ2n) is 2.53. The average molecular weight is 212 g/mol. The molecule has 12 heavy (non-hydrogen) atoms. The first-order chi connectivity index (χ1) is 5.58. The summed E-state index contributed by atoms with van der Waals surface area (Å²) in [5.74, 6) is 0.332. The van der Waals surface area contributed by atoms with Gasteiger partial charge in [-0.3, -0.25) is 4.55 Å². The normalized spacial score (nSPS) is 21.1. The van der Waals surface area contributed by atoms with Gasteiger partial charge >= 0.3 is 9.15 Å². The van der Waals surface area contributed by atoms with E-state index in [2.05, 4.69) is 10.6 Å². The monoisotopic (exact) mass is 212 g/mol. The van der Waals surface area contributed by atoms with Crippen LogP contribution in [0.15, 0.2) is 0 Å². The molecule has 0 bridgehead atoms. The molecule has 7 heteroatoms. The van der Waals surface area contributed by atoms with E-state index in [-0.39, 0.29) is 6.17 Å². The lowest BCUT2D eigenvalue weighted by Gasteiger charge is -2.23. The van der Waals surface area contributed by atoms with Crippen LogP contribution in [0.25, 0.3) is 0 Å². The van der Waals surface area contributed by atoms with Crippen LogP contribution in [0, 0.1) is 0 Å². The molecule has 0 unspecified atom stereocenters. The van der Waals surface area contributed by atoms with Gasteiger partial charge in [0, 0.05) is 5.75 Å². The molecule has 0 radical (unpaired) electrons. The van der Waals surface area contributed by atoms with Crippen molar-refractivity contribution in [3.05, 3.63) is 0 Å². The van der Waals surface area contributed by atoms with Crippen LogP contribution in [-0.2, 0) is 9.15 Å². The van der Waals surface area contributed by atoms with E-state index in [1.807, 2.05) is 0 Å². The van der Waals surface area contributed by atoms with Crippen molar-refractivity contribution in [2.45, 2.75) is 12.6 Å². The summed E-state index contributed by atoms with van der Waals surface area (Å²) in [6, 6.07) is 0. The number of hydrogen-bond acceptors (Lipinski definition) is 5. The predicted molar refractivity (Wildman–Crippen MR) is 48.4 cm³/mol. The Labute approximate surface area is 75.4 Å². The zero-order valence-corrected chi connectivity index (χ0v) is 8.12. The van der Waals surface area contributed by atoms with Crippen LogP contribution in [0.4, 0.5) is 0 Å². The van der Waals surface area contributed by atoms with E-state index in [1.165, 1.54) is 0 Å². The molecule has 0 aromatic heterocycles. The largest absolute Gasteiger partial charge is 0.319 e. The first-order valence-corrected chi connectivity index (χ1v) is 6.61. The summed E-state index contributed by atoms with van der Waals surface area (Å²) >= 11 is 0. The number of nitrogens with one attached hydrogen (secondary N) is 2. The van der Waals surface area contributed by atoms with Crippen molar-refractivity contribution in [2.24, 2.45) is 0 Å². The van der Waals surface area contributed by atoms with Gasteiger partial charge in [0.1, 0.15) is 0 Å². The minimum absolute atomic E-state index is 0.00863. The van der Waals surface area contributed by atoms with E-state index in [9.17, 15) is 8.42 Å². The number of rotatable bonds is 3. The van der Waals surface area contributed by atoms with E-state index in [0.29, 0.717) is 16.5 Å². The predicted octanol–water partition coefficient (Wildman–Crippen LogP) is -0.569. The van der Waals surface area contributed by atoms with Gasteiger partial charge < -0.3 is 10.6 Å². The molecule has 0 spiro atoms. The summed E-state index contributed by atoms with van der Waals surface area (Å²) in [7, 11) is -3.34. The molecular weight excluding hydrogens is 200 g/mol. The molecule has 0 aromatic carbocycles. The molecule has 1 fully saturated rings. The summed E-state index contributed by atoms with van der Waals surface area (Å²) in [4.78, 5) is 0. The fraction of sp³-hybridized carbons (Fsp3) is 1.00. The molecule has 0 aliphatic carbocycles. The smallest absolute Gasteiger partial charge is 0.301 e. The second kappa shape index (κ2) is 4.43. The van der Waals surface area contributed by atoms with Crippen LogP contribution in [0.3, 0.4) is 0 Å². The van der Waals surface area contributed by atoms with E-state index in [1.54, 1.807) is 0 Å². The van der Waals surface area contributed by atoms with Gasteiger partial charge in [-0.15, -0.1) is 0 Å². The van der Waals surface area contributed by atoms with Crippen molar-refractivity contribution in [1.29, 1.82) is 0 Å². The van der Waals surface area contributed by atoms with Crippen molar-refractivity contribution in [1.82, 2.24) is 10.6 Å². The highest BCUT2D eigenvalue weighted by atomic mass is 33.1. The molecular formula is C5H12N2O3S2. The molecule has 1 heterocycles. The Morgan fingerprint density at radius 1 is 1.42 bits per heavy atom. The van der Waals surface area contributed by atoms with Gasteiger partial charge in [-0.25, -0.2) is 0 Å². The zero-order valence-electron chi connectivity index (χ0n) is 6.49. The van der Waals surface area contributed by atoms with E-state index < -0.39 is 9.15 Å². The summed E-state index contributed by atoms with van der Waals surface area (Å²) in [6.45, 7) is 1.79. The lowest BCUT2D eigenvalue weighted by atomic mass is 10.3. The standard InChI is InChI=1S/C5H12N2O3S2/c8-12(9,10)11-4-5-6-2-1-3-7-5/h5-7H,1-4H2,(H,8,9,10). The molecule has 3 N–H and O–H groups in total. The Kier molecular flexibility index (Phi) is 3.78. The van der Waals surface area contributed by atoms with Gasteiger partial charge in [-0.2, -0.15) is 8.42 Å². The third kappa shape index (κ3) is 4.27. The van der Waals surface area contributed by atoms with Crippen LogP contribution in [0.5, 0.6) is 0 Å². The highest BCUT2D eigenvalue weighted by molar-refractivity contribution is 8.69. The minimum atomic E-state index is -3.89. The van der Waals surface area contributed by atoms with E-state index >= 15 is 0 Å². The van der Waals surface area contributed by atoms with Crippen molar-refractivity contribution in [3.63, 3.8) is 0 Å². The molecule has 0 amide bonds. The van der Waals surface area contributed by atoms with Crippen LogP contribution in [0.2, 0.25) is 0 Å². The molecule has 1 rings (SSSR count). The van der Waals surface area contributed by atoms with Crippen LogP contribution >= 0.6 is 10.8 Å². The Morgan fingerprint density at radius 3 is 2.50 bits per heavy atom. The molecule has 72 valence electrons. The fourth-order valence-corrected chi connectivity index (χ4v) is 2.45. The van der Waals surface area contributed by atoms with Crippen molar-refractivity contribution in [2.75, 3.05) is 18.8 Å². The molecule has 0 aromatic rings. The quantitative estimate of drug-likeness (QED) is 0.429. The van der Waals surface area contributed by atoms with Gasteiger partial charge in [0.25, 0.3) is 0 Å². The Balaban J connectivity index is 2.22. The summed E-state index contributed by atoms with van der Waals surface area (Å²) in [5.41, 5.74) is 0. The van der Waals surface area contributed by atoms with Gasteiger partial charge in [-0.05, 0) is 30.3 Å². The lowest BCUT2D eigenvalue weighted by Crippen LogP contribution is -2.49. The van der Waals surface area contributed by atoms with Crippen molar-refractivity contribution in [3.8, 4) is 0 Å². The van der Waals surface area contributed by atoms with Gasteiger partial charge in [0.2, 0.25) is 0 Å². The first-order valence-electron chi connectivity index (χ1n) is 3.66. The van der Waals surface area contributed by atoms with Crippen LogP contribution < -0.4 is 10.6 Å². The fourth-order valence-electron chi connectivity index (χ4n) is 0.985. The Bertz CT molecular complexity index is 223. The summed E-state index contributed by atoms with van der Waals surface area (Å²) < 4.78 is 29.1. The third-order valence-corrected chi connectivity index (χ3v) is 3.59. The van der Waals surface area contributed by atoms with Crippen LogP contribution in [-0.4, -0.2) is 38.0 Å². The van der Waals surface area contributed by atoms with Gasteiger partial charge in [-0.1, -0.05) is 0 Å². The number of hydrogen-bond donors (Lipinski definition) is 3. The maximum Gasteiger partial charge on any atom is 0.319 e. The van der Waals surface area contributed by atoms with Gasteiger partial charge in [0.05, 0.1) is 6.17 Å². The third-order valence-electron chi connectivity index (χ3n) is 1.52. The van der Waals surface area contributed by atoms with Gasteiger partial charge in [0.15, 0.2) is 0 Å². The molecule has 1 saturated heterocycles. The molecule has 0 saturated carbocycles. The topological polar surface area (TPSA) is 78.4 Å². The summed E-state index contributed by atoms with van der Waals surface area (Å²) in [5, 5.41) is 6.17. The maximum absolute atomic E-state index is 10.3. The zero-order chi connectivity index (χ0) is 9.03.